The molecule has 0 fully saturated rings. The highest BCUT2D eigenvalue weighted by Gasteiger charge is 2.12. The second-order valence-electron chi connectivity index (χ2n) is 5.35. The summed E-state index contributed by atoms with van der Waals surface area (Å²) in [5.41, 5.74) is 1.55. The van der Waals surface area contributed by atoms with Gasteiger partial charge in [0.1, 0.15) is 5.75 Å². The van der Waals surface area contributed by atoms with E-state index < -0.39 is 0 Å². The van der Waals surface area contributed by atoms with Gasteiger partial charge in [0.15, 0.2) is 4.80 Å². The normalized spacial score (nSPS) is 11.5. The Labute approximate surface area is 160 Å². The van der Waals surface area contributed by atoms with E-state index in [0.29, 0.717) is 16.9 Å². The van der Waals surface area contributed by atoms with E-state index in [4.69, 9.17) is 11.2 Å². The van der Waals surface area contributed by atoms with Crippen molar-refractivity contribution in [2.24, 2.45) is 4.99 Å². The van der Waals surface area contributed by atoms with Gasteiger partial charge in [-0.1, -0.05) is 36.3 Å². The first kappa shape index (κ1) is 18.3. The standard InChI is InChI=1S/C20H18N2O2S2/c1-4-12-22-16-11-10-14(24-3)13-18(16)26-20(22)21-19(23)15-8-6-7-9-17(15)25-5-2/h1,6-11,13H,5,12H2,2-3H3. The van der Waals surface area contributed by atoms with Gasteiger partial charge < -0.3 is 9.30 Å². The van der Waals surface area contributed by atoms with Crippen molar-refractivity contribution >= 4 is 39.2 Å². The van der Waals surface area contributed by atoms with Crippen LogP contribution in [0.5, 0.6) is 5.75 Å². The highest BCUT2D eigenvalue weighted by molar-refractivity contribution is 7.99. The first-order valence-corrected chi connectivity index (χ1v) is 9.90. The number of thiazole rings is 1. The number of ether oxygens (including phenoxy) is 1. The molecule has 3 aromatic rings. The van der Waals surface area contributed by atoms with Gasteiger partial charge in [0.2, 0.25) is 0 Å². The van der Waals surface area contributed by atoms with Crippen LogP contribution in [0.3, 0.4) is 0 Å². The zero-order valence-corrected chi connectivity index (χ0v) is 16.2. The number of terminal acetylenes is 1. The van der Waals surface area contributed by atoms with E-state index in [1.807, 2.05) is 47.0 Å². The van der Waals surface area contributed by atoms with Crippen LogP contribution in [0.2, 0.25) is 0 Å². The molecule has 1 aromatic heterocycles. The lowest BCUT2D eigenvalue weighted by Gasteiger charge is -2.04. The van der Waals surface area contributed by atoms with Crippen molar-refractivity contribution in [2.75, 3.05) is 12.9 Å². The van der Waals surface area contributed by atoms with Crippen molar-refractivity contribution in [1.82, 2.24) is 4.57 Å². The lowest BCUT2D eigenvalue weighted by atomic mass is 10.2. The van der Waals surface area contributed by atoms with Gasteiger partial charge in [-0.3, -0.25) is 4.79 Å². The molecule has 26 heavy (non-hydrogen) atoms. The Hall–Kier alpha value is -2.49. The van der Waals surface area contributed by atoms with Crippen molar-refractivity contribution in [2.45, 2.75) is 18.4 Å². The number of hydrogen-bond donors (Lipinski definition) is 0. The number of carbonyl (C=O) groups excluding carboxylic acids is 1. The lowest BCUT2D eigenvalue weighted by molar-refractivity contribution is 0.0995. The van der Waals surface area contributed by atoms with Crippen LogP contribution >= 0.6 is 23.1 Å². The molecule has 0 spiro atoms. The number of aromatic nitrogens is 1. The van der Waals surface area contributed by atoms with Gasteiger partial charge in [-0.2, -0.15) is 4.99 Å². The van der Waals surface area contributed by atoms with E-state index in [-0.39, 0.29) is 5.91 Å². The number of methoxy groups -OCH3 is 1. The molecule has 6 heteroatoms. The molecule has 3 rings (SSSR count). The fourth-order valence-corrected chi connectivity index (χ4v) is 4.43. The Bertz CT molecular complexity index is 1060. The van der Waals surface area contributed by atoms with E-state index in [2.05, 4.69) is 17.8 Å². The summed E-state index contributed by atoms with van der Waals surface area (Å²) in [7, 11) is 1.63. The topological polar surface area (TPSA) is 43.6 Å². The Morgan fingerprint density at radius 2 is 2.15 bits per heavy atom. The highest BCUT2D eigenvalue weighted by Crippen LogP contribution is 2.25. The maximum absolute atomic E-state index is 12.8. The number of carbonyl (C=O) groups is 1. The molecule has 0 radical (unpaired) electrons. The minimum absolute atomic E-state index is 0.258. The number of hydrogen-bond acceptors (Lipinski definition) is 4. The predicted molar refractivity (Wildman–Crippen MR) is 108 cm³/mol. The van der Waals surface area contributed by atoms with Gasteiger partial charge in [0, 0.05) is 4.90 Å². The van der Waals surface area contributed by atoms with Gasteiger partial charge in [-0.25, -0.2) is 0 Å². The van der Waals surface area contributed by atoms with Crippen molar-refractivity contribution in [3.8, 4) is 18.1 Å². The third-order valence-electron chi connectivity index (χ3n) is 3.75. The quantitative estimate of drug-likeness (QED) is 0.491. The third-order valence-corrected chi connectivity index (χ3v) is 5.75. The molecule has 0 atom stereocenters. The van der Waals surface area contributed by atoms with Crippen LogP contribution in [0, 0.1) is 12.3 Å². The van der Waals surface area contributed by atoms with E-state index in [1.54, 1.807) is 18.9 Å². The lowest BCUT2D eigenvalue weighted by Crippen LogP contribution is -2.16. The summed E-state index contributed by atoms with van der Waals surface area (Å²) < 4.78 is 8.14. The molecule has 0 saturated heterocycles. The second kappa shape index (κ2) is 8.26. The molecule has 132 valence electrons. The molecule has 0 aliphatic heterocycles. The summed E-state index contributed by atoms with van der Waals surface area (Å²) in [4.78, 5) is 18.7. The molecule has 0 aliphatic carbocycles. The fraction of sp³-hybridized carbons (Fsp3) is 0.200. The number of benzene rings is 2. The van der Waals surface area contributed by atoms with E-state index in [9.17, 15) is 4.79 Å². The SMILES string of the molecule is C#CCn1c(=NC(=O)c2ccccc2SCC)sc2cc(OC)ccc21. The molecule has 0 saturated carbocycles. The summed E-state index contributed by atoms with van der Waals surface area (Å²) in [5.74, 6) is 4.03. The first-order valence-electron chi connectivity index (χ1n) is 8.09. The van der Waals surface area contributed by atoms with Crippen LogP contribution in [-0.2, 0) is 6.54 Å². The summed E-state index contributed by atoms with van der Waals surface area (Å²) >= 11 is 3.06. The molecular weight excluding hydrogens is 364 g/mol. The van der Waals surface area contributed by atoms with Crippen LogP contribution in [-0.4, -0.2) is 23.3 Å². The van der Waals surface area contributed by atoms with Crippen molar-refractivity contribution in [3.05, 3.63) is 52.8 Å². The zero-order valence-electron chi connectivity index (χ0n) is 14.6. The molecule has 0 aliphatic rings. The predicted octanol–water partition coefficient (Wildman–Crippen LogP) is 4.20. The Kier molecular flexibility index (Phi) is 5.82. The summed E-state index contributed by atoms with van der Waals surface area (Å²) in [6, 6.07) is 13.3. The average Bonchev–Trinajstić information content (AvgIpc) is 2.99. The molecule has 0 N–H and O–H groups in total. The van der Waals surface area contributed by atoms with Crippen molar-refractivity contribution in [3.63, 3.8) is 0 Å². The fourth-order valence-electron chi connectivity index (χ4n) is 2.58. The third kappa shape index (κ3) is 3.69. The van der Waals surface area contributed by atoms with Gasteiger partial charge in [-0.05, 0) is 36.1 Å². The van der Waals surface area contributed by atoms with Gasteiger partial charge >= 0.3 is 0 Å². The smallest absolute Gasteiger partial charge is 0.280 e. The summed E-state index contributed by atoms with van der Waals surface area (Å²) in [6.07, 6.45) is 5.52. The largest absolute Gasteiger partial charge is 0.497 e. The van der Waals surface area contributed by atoms with Crippen LogP contribution < -0.4 is 9.54 Å². The van der Waals surface area contributed by atoms with E-state index in [0.717, 1.165) is 26.6 Å². The molecule has 1 amide bonds. The van der Waals surface area contributed by atoms with Gasteiger partial charge in [-0.15, -0.1) is 18.2 Å². The Morgan fingerprint density at radius 1 is 1.35 bits per heavy atom. The number of rotatable bonds is 5. The monoisotopic (exact) mass is 382 g/mol. The van der Waals surface area contributed by atoms with Crippen molar-refractivity contribution in [1.29, 1.82) is 0 Å². The zero-order chi connectivity index (χ0) is 18.5. The summed E-state index contributed by atoms with van der Waals surface area (Å²) in [5, 5.41) is 0. The Morgan fingerprint density at radius 3 is 2.88 bits per heavy atom. The minimum atomic E-state index is -0.258. The van der Waals surface area contributed by atoms with E-state index >= 15 is 0 Å². The molecule has 2 aromatic carbocycles. The first-order chi connectivity index (χ1) is 12.7. The average molecular weight is 383 g/mol. The van der Waals surface area contributed by atoms with E-state index in [1.165, 1.54) is 11.3 Å². The number of amides is 1. The van der Waals surface area contributed by atoms with Crippen LogP contribution in [0.15, 0.2) is 52.4 Å². The Balaban J connectivity index is 2.13. The number of thioether (sulfide) groups is 1. The second-order valence-corrected chi connectivity index (χ2v) is 7.67. The maximum Gasteiger partial charge on any atom is 0.280 e. The molecular formula is C20H18N2O2S2. The molecule has 4 nitrogen and oxygen atoms in total. The maximum atomic E-state index is 12.8. The molecule has 0 unspecified atom stereocenters. The van der Waals surface area contributed by atoms with Gasteiger partial charge in [0.05, 0.1) is 29.4 Å². The summed E-state index contributed by atoms with van der Waals surface area (Å²) in [6.45, 7) is 2.41. The molecule has 0 bridgehead atoms. The van der Waals surface area contributed by atoms with Crippen molar-refractivity contribution < 1.29 is 9.53 Å². The van der Waals surface area contributed by atoms with Crippen LogP contribution in [0.25, 0.3) is 10.2 Å². The van der Waals surface area contributed by atoms with Crippen LogP contribution in [0.4, 0.5) is 0 Å². The molecule has 1 heterocycles. The van der Waals surface area contributed by atoms with Crippen LogP contribution in [0.1, 0.15) is 17.3 Å². The number of fused-ring (bicyclic) bond motifs is 1. The van der Waals surface area contributed by atoms with Gasteiger partial charge in [0.25, 0.3) is 5.91 Å². The highest BCUT2D eigenvalue weighted by atomic mass is 32.2. The number of nitrogens with zero attached hydrogens (tertiary/aromatic N) is 2. The minimum Gasteiger partial charge on any atom is -0.497 e.